The van der Waals surface area contributed by atoms with E-state index in [9.17, 15) is 18.4 Å². The molecule has 0 spiro atoms. The zero-order valence-electron chi connectivity index (χ0n) is 12.3. The van der Waals surface area contributed by atoms with Crippen molar-refractivity contribution in [2.75, 3.05) is 11.9 Å². The van der Waals surface area contributed by atoms with Crippen LogP contribution in [0.5, 0.6) is 0 Å². The van der Waals surface area contributed by atoms with E-state index in [-0.39, 0.29) is 11.5 Å². The predicted molar refractivity (Wildman–Crippen MR) is 86.2 cm³/mol. The summed E-state index contributed by atoms with van der Waals surface area (Å²) in [6.07, 6.45) is 2.62. The number of carbonyl (C=O) groups is 2. The van der Waals surface area contributed by atoms with Crippen LogP contribution in [0.3, 0.4) is 0 Å². The molecule has 2 aromatic rings. The highest BCUT2D eigenvalue weighted by Gasteiger charge is 2.36. The molecule has 1 aliphatic heterocycles. The van der Waals surface area contributed by atoms with E-state index in [1.165, 1.54) is 16.2 Å². The Morgan fingerprint density at radius 3 is 2.88 bits per heavy atom. The van der Waals surface area contributed by atoms with Gasteiger partial charge in [0, 0.05) is 18.1 Å². The van der Waals surface area contributed by atoms with Crippen LogP contribution in [-0.4, -0.2) is 34.3 Å². The van der Waals surface area contributed by atoms with Crippen molar-refractivity contribution in [1.82, 2.24) is 9.88 Å². The van der Waals surface area contributed by atoms with Crippen molar-refractivity contribution in [3.8, 4) is 0 Å². The molecule has 1 fully saturated rings. The molecule has 9 heteroatoms. The summed E-state index contributed by atoms with van der Waals surface area (Å²) in [5, 5.41) is 4.04. The number of nitrogens with one attached hydrogen (secondary N) is 1. The Balaban J connectivity index is 1.81. The smallest absolute Gasteiger partial charge is 0.257 e. The van der Waals surface area contributed by atoms with Crippen molar-refractivity contribution < 1.29 is 18.4 Å². The molecule has 5 nitrogen and oxygen atoms in total. The van der Waals surface area contributed by atoms with Gasteiger partial charge in [-0.2, -0.15) is 0 Å². The molecule has 0 bridgehead atoms. The molecule has 1 aliphatic rings. The van der Waals surface area contributed by atoms with Gasteiger partial charge in [0.05, 0.1) is 5.56 Å². The van der Waals surface area contributed by atoms with Gasteiger partial charge in [-0.25, -0.2) is 13.8 Å². The fourth-order valence-electron chi connectivity index (χ4n) is 2.60. The first-order chi connectivity index (χ1) is 11.5. The van der Waals surface area contributed by atoms with E-state index < -0.39 is 28.6 Å². The Morgan fingerprint density at radius 2 is 2.17 bits per heavy atom. The third kappa shape index (κ3) is 3.11. The first-order valence-electron chi connectivity index (χ1n) is 7.14. The van der Waals surface area contributed by atoms with Crippen molar-refractivity contribution in [2.24, 2.45) is 0 Å². The number of likely N-dealkylation sites (tertiary alicyclic amines) is 1. The molecule has 0 radical (unpaired) electrons. The number of anilines is 1. The summed E-state index contributed by atoms with van der Waals surface area (Å²) in [5.41, 5.74) is -0.352. The average molecular weight is 372 g/mol. The minimum atomic E-state index is -1.12. The van der Waals surface area contributed by atoms with Crippen LogP contribution in [-0.2, 0) is 4.79 Å². The van der Waals surface area contributed by atoms with Crippen molar-refractivity contribution in [1.29, 1.82) is 0 Å². The van der Waals surface area contributed by atoms with E-state index in [1.807, 2.05) is 0 Å². The van der Waals surface area contributed by atoms with E-state index >= 15 is 0 Å². The number of carbonyl (C=O) groups excluding carboxylic acids is 2. The van der Waals surface area contributed by atoms with Gasteiger partial charge in [-0.15, -0.1) is 11.3 Å². The van der Waals surface area contributed by atoms with Gasteiger partial charge in [-0.1, -0.05) is 11.6 Å². The van der Waals surface area contributed by atoms with Crippen LogP contribution in [0.1, 0.15) is 23.2 Å². The number of aromatic nitrogens is 1. The highest BCUT2D eigenvalue weighted by molar-refractivity contribution is 7.13. The number of hydrogen-bond donors (Lipinski definition) is 1. The summed E-state index contributed by atoms with van der Waals surface area (Å²) in [4.78, 5) is 30.1. The quantitative estimate of drug-likeness (QED) is 0.842. The van der Waals surface area contributed by atoms with Gasteiger partial charge in [-0.3, -0.25) is 9.59 Å². The van der Waals surface area contributed by atoms with Crippen LogP contribution >= 0.6 is 22.9 Å². The van der Waals surface area contributed by atoms with Gasteiger partial charge >= 0.3 is 0 Å². The van der Waals surface area contributed by atoms with Crippen LogP contribution in [0, 0.1) is 11.6 Å². The lowest BCUT2D eigenvalue weighted by molar-refractivity contribution is -0.119. The third-order valence-corrected chi connectivity index (χ3v) is 4.78. The first kappa shape index (κ1) is 16.8. The van der Waals surface area contributed by atoms with Gasteiger partial charge in [0.2, 0.25) is 5.91 Å². The van der Waals surface area contributed by atoms with E-state index in [2.05, 4.69) is 10.3 Å². The fraction of sp³-hybridized carbons (Fsp3) is 0.267. The maximum absolute atomic E-state index is 14.1. The maximum atomic E-state index is 14.1. The summed E-state index contributed by atoms with van der Waals surface area (Å²) in [7, 11) is 0. The molecule has 24 heavy (non-hydrogen) atoms. The minimum absolute atomic E-state index is 0.309. The van der Waals surface area contributed by atoms with Crippen LogP contribution in [0.4, 0.5) is 13.9 Å². The molecule has 2 heterocycles. The molecule has 0 saturated carbocycles. The second kappa shape index (κ2) is 6.82. The molecule has 0 aliphatic carbocycles. The molecule has 0 unspecified atom stereocenters. The largest absolute Gasteiger partial charge is 0.327 e. The number of amides is 2. The van der Waals surface area contributed by atoms with Crippen LogP contribution in [0.25, 0.3) is 0 Å². The second-order valence-corrected chi connectivity index (χ2v) is 6.48. The number of benzene rings is 1. The Bertz CT molecular complexity index is 785. The Hall–Kier alpha value is -2.06. The Morgan fingerprint density at radius 1 is 1.38 bits per heavy atom. The van der Waals surface area contributed by atoms with Crippen LogP contribution in [0.2, 0.25) is 5.02 Å². The molecular formula is C15H12ClF2N3O2S. The number of thiazole rings is 1. The summed E-state index contributed by atoms with van der Waals surface area (Å²) in [6, 6.07) is 1.23. The summed E-state index contributed by atoms with van der Waals surface area (Å²) in [5.74, 6) is -3.13. The Labute approximate surface area is 145 Å². The number of hydrogen-bond acceptors (Lipinski definition) is 4. The Kier molecular flexibility index (Phi) is 4.77. The van der Waals surface area contributed by atoms with Crippen LogP contribution < -0.4 is 5.32 Å². The van der Waals surface area contributed by atoms with Crippen molar-refractivity contribution in [3.05, 3.63) is 45.9 Å². The van der Waals surface area contributed by atoms with Gasteiger partial charge in [0.1, 0.15) is 16.9 Å². The molecular weight excluding hydrogens is 360 g/mol. The van der Waals surface area contributed by atoms with E-state index in [1.54, 1.807) is 11.6 Å². The molecule has 1 saturated heterocycles. The third-order valence-electron chi connectivity index (χ3n) is 3.74. The lowest BCUT2D eigenvalue weighted by Gasteiger charge is -2.24. The van der Waals surface area contributed by atoms with Crippen molar-refractivity contribution in [2.45, 2.75) is 18.9 Å². The molecule has 3 rings (SSSR count). The topological polar surface area (TPSA) is 62.3 Å². The lowest BCUT2D eigenvalue weighted by atomic mass is 10.1. The second-order valence-electron chi connectivity index (χ2n) is 5.21. The van der Waals surface area contributed by atoms with Gasteiger partial charge in [0.15, 0.2) is 10.9 Å². The summed E-state index contributed by atoms with van der Waals surface area (Å²) < 4.78 is 27.3. The van der Waals surface area contributed by atoms with E-state index in [4.69, 9.17) is 11.6 Å². The number of nitrogens with zero attached hydrogens (tertiary/aromatic N) is 2. The zero-order chi connectivity index (χ0) is 17.3. The van der Waals surface area contributed by atoms with Gasteiger partial charge < -0.3 is 10.2 Å². The summed E-state index contributed by atoms with van der Waals surface area (Å²) in [6.45, 7) is 0.309. The highest BCUT2D eigenvalue weighted by atomic mass is 35.5. The SMILES string of the molecule is O=C(Nc1nccs1)[C@H]1CCCN1C(=O)c1ccc(F)c(Cl)c1F. The van der Waals surface area contributed by atoms with Crippen molar-refractivity contribution >= 4 is 39.9 Å². The van der Waals surface area contributed by atoms with E-state index in [0.717, 1.165) is 12.1 Å². The van der Waals surface area contributed by atoms with E-state index in [0.29, 0.717) is 24.5 Å². The van der Waals surface area contributed by atoms with Crippen molar-refractivity contribution in [3.63, 3.8) is 0 Å². The molecule has 126 valence electrons. The predicted octanol–water partition coefficient (Wildman–Crippen LogP) is 3.32. The molecule has 1 aromatic carbocycles. The highest BCUT2D eigenvalue weighted by Crippen LogP contribution is 2.27. The van der Waals surface area contributed by atoms with Crippen LogP contribution in [0.15, 0.2) is 23.7 Å². The lowest BCUT2D eigenvalue weighted by Crippen LogP contribution is -2.43. The molecule has 1 aromatic heterocycles. The summed E-state index contributed by atoms with van der Waals surface area (Å²) >= 11 is 6.78. The van der Waals surface area contributed by atoms with Gasteiger partial charge in [0.25, 0.3) is 5.91 Å². The number of halogens is 3. The monoisotopic (exact) mass is 371 g/mol. The zero-order valence-corrected chi connectivity index (χ0v) is 13.8. The molecule has 2 amide bonds. The number of rotatable bonds is 3. The minimum Gasteiger partial charge on any atom is -0.327 e. The van der Waals surface area contributed by atoms with Gasteiger partial charge in [-0.05, 0) is 25.0 Å². The standard InChI is InChI=1S/C15H12ClF2N3O2S/c16-11-9(17)4-3-8(12(11)18)14(23)21-6-1-2-10(21)13(22)20-15-19-5-7-24-15/h3-5,7,10H,1-2,6H2,(H,19,20,22)/t10-/m1/s1. The maximum Gasteiger partial charge on any atom is 0.257 e. The first-order valence-corrected chi connectivity index (χ1v) is 8.39. The normalized spacial score (nSPS) is 17.1. The molecule has 1 N–H and O–H groups in total. The average Bonchev–Trinajstić information content (AvgIpc) is 3.23. The molecule has 1 atom stereocenters. The fourth-order valence-corrected chi connectivity index (χ4v) is 3.30.